The molecule has 11 rings (SSSR count). The number of ether oxygens (including phenoxy) is 1. The number of aromatic nitrogens is 4. The first-order valence-corrected chi connectivity index (χ1v) is 23.8. The average molecular weight is 915 g/mol. The minimum Gasteiger partial charge on any atom is -0.381 e. The van der Waals surface area contributed by atoms with Gasteiger partial charge in [0.2, 0.25) is 17.7 Å². The van der Waals surface area contributed by atoms with Gasteiger partial charge in [-0.2, -0.15) is 5.10 Å². The summed E-state index contributed by atoms with van der Waals surface area (Å²) in [6.45, 7) is 6.87. The van der Waals surface area contributed by atoms with E-state index in [-0.39, 0.29) is 53.9 Å². The number of anilines is 3. The van der Waals surface area contributed by atoms with Crippen molar-refractivity contribution in [2.24, 2.45) is 0 Å². The van der Waals surface area contributed by atoms with Crippen LogP contribution in [0.1, 0.15) is 103 Å². The van der Waals surface area contributed by atoms with Crippen LogP contribution in [0.4, 0.5) is 30.8 Å². The van der Waals surface area contributed by atoms with Gasteiger partial charge < -0.3 is 33.8 Å². The Bertz CT molecular complexity index is 2790. The average Bonchev–Trinajstić information content (AvgIpc) is 4.01. The Morgan fingerprint density at radius 3 is 2.51 bits per heavy atom. The van der Waals surface area contributed by atoms with Crippen LogP contribution in [-0.2, 0) is 45.1 Å². The summed E-state index contributed by atoms with van der Waals surface area (Å²) in [5, 5.41) is 8.40. The lowest BCUT2D eigenvalue weighted by Crippen LogP contribution is -2.51. The number of amides is 5. The number of pyridine rings is 1. The summed E-state index contributed by atoms with van der Waals surface area (Å²) in [7, 11) is 2.03. The van der Waals surface area contributed by atoms with Crippen LogP contribution < -0.4 is 15.1 Å². The first kappa shape index (κ1) is 43.2. The molecule has 6 aliphatic rings. The molecular formula is C50H56F2N10O5. The zero-order valence-corrected chi connectivity index (χ0v) is 38.1. The van der Waals surface area contributed by atoms with Crippen molar-refractivity contribution in [2.75, 3.05) is 69.3 Å². The number of piperidine rings is 1. The van der Waals surface area contributed by atoms with Crippen LogP contribution in [-0.4, -0.2) is 117 Å². The van der Waals surface area contributed by atoms with Gasteiger partial charge in [-0.1, -0.05) is 12.1 Å². The molecule has 0 radical (unpaired) electrons. The number of alkyl halides is 2. The quantitative estimate of drug-likeness (QED) is 0.174. The van der Waals surface area contributed by atoms with E-state index in [1.54, 1.807) is 30.3 Å². The molecular weight excluding hydrogens is 859 g/mol. The van der Waals surface area contributed by atoms with Crippen molar-refractivity contribution in [3.63, 3.8) is 0 Å². The van der Waals surface area contributed by atoms with Gasteiger partial charge in [0.25, 0.3) is 6.43 Å². The van der Waals surface area contributed by atoms with Crippen LogP contribution >= 0.6 is 0 Å². The zero-order valence-electron chi connectivity index (χ0n) is 38.1. The first-order chi connectivity index (χ1) is 32.5. The number of fused-ring (bicyclic) bond motifs is 4. The molecule has 17 heteroatoms. The minimum atomic E-state index is -2.78. The van der Waals surface area contributed by atoms with E-state index in [0.717, 1.165) is 71.5 Å². The van der Waals surface area contributed by atoms with Crippen LogP contribution in [0.5, 0.6) is 0 Å². The highest BCUT2D eigenvalue weighted by molar-refractivity contribution is 5.98. The van der Waals surface area contributed by atoms with E-state index >= 15 is 8.78 Å². The topological polar surface area (TPSA) is 141 Å². The predicted octanol–water partition coefficient (Wildman–Crippen LogP) is 7.02. The summed E-state index contributed by atoms with van der Waals surface area (Å²) in [6, 6.07) is 11.6. The number of imide groups is 1. The molecule has 5 aromatic rings. The number of urea groups is 1. The molecule has 5 amide bonds. The number of nitrogens with one attached hydrogen (secondary N) is 1. The van der Waals surface area contributed by atoms with E-state index in [2.05, 4.69) is 43.0 Å². The molecule has 15 nitrogen and oxygen atoms in total. The number of hydrogen-bond donors (Lipinski definition) is 1. The zero-order chi connectivity index (χ0) is 46.1. The summed E-state index contributed by atoms with van der Waals surface area (Å²) < 4.78 is 40.7. The maximum atomic E-state index is 15.5. The summed E-state index contributed by atoms with van der Waals surface area (Å²) in [4.78, 5) is 65.4. The fourth-order valence-corrected chi connectivity index (χ4v) is 11.6. The van der Waals surface area contributed by atoms with Crippen LogP contribution in [0, 0.1) is 0 Å². The molecule has 1 unspecified atom stereocenters. The Hall–Kier alpha value is -6.36. The van der Waals surface area contributed by atoms with Crippen LogP contribution in [0.15, 0.2) is 55.0 Å². The third kappa shape index (κ3) is 7.78. The number of likely N-dealkylation sites (tertiary alicyclic amines) is 1. The van der Waals surface area contributed by atoms with Crippen molar-refractivity contribution >= 4 is 51.8 Å². The van der Waals surface area contributed by atoms with E-state index in [4.69, 9.17) is 9.84 Å². The van der Waals surface area contributed by atoms with Crippen molar-refractivity contribution in [1.29, 1.82) is 0 Å². The highest BCUT2D eigenvalue weighted by atomic mass is 19.3. The van der Waals surface area contributed by atoms with E-state index in [0.29, 0.717) is 100 Å². The van der Waals surface area contributed by atoms with Gasteiger partial charge in [0.1, 0.15) is 6.54 Å². The molecule has 3 saturated heterocycles. The highest BCUT2D eigenvalue weighted by Gasteiger charge is 2.38. The van der Waals surface area contributed by atoms with Gasteiger partial charge in [-0.05, 0) is 91.0 Å². The Morgan fingerprint density at radius 1 is 0.910 bits per heavy atom. The van der Waals surface area contributed by atoms with E-state index < -0.39 is 6.43 Å². The van der Waals surface area contributed by atoms with Crippen LogP contribution in [0.2, 0.25) is 0 Å². The van der Waals surface area contributed by atoms with Crippen molar-refractivity contribution < 1.29 is 32.7 Å². The molecule has 0 saturated carbocycles. The number of aryl methyl sites for hydroxylation is 1. The predicted molar refractivity (Wildman–Crippen MR) is 247 cm³/mol. The number of halogens is 2. The standard InChI is InChI=1S/C50H56F2N10O5/c1-30(63)58-18-10-42-40(27-58)49(55-62(42)34-12-20-67-21-13-34)60-15-3-4-33-22-36(37(48(51)52)24-43(33)60)39-26-59(41-7-14-53-25-38(39)41)29-47(65)57-16-8-31(9-17-57)32-5-6-35-44(23-32)56(2)28-45(35)61-19-11-46(64)54-50(61)66/h5-7,14,22-26,31,34,45,48H,3-4,8-13,15-21,27-29H2,1-2H3,(H,54,64,66). The van der Waals surface area contributed by atoms with Crippen molar-refractivity contribution in [1.82, 2.24) is 39.3 Å². The van der Waals surface area contributed by atoms with Gasteiger partial charge in [-0.25, -0.2) is 13.6 Å². The number of benzene rings is 2. The second kappa shape index (κ2) is 17.4. The number of hydrogen-bond acceptors (Lipinski definition) is 9. The summed E-state index contributed by atoms with van der Waals surface area (Å²) in [6.07, 6.45) is 8.21. The Labute approximate surface area is 387 Å². The Balaban J connectivity index is 0.837. The Morgan fingerprint density at radius 2 is 1.73 bits per heavy atom. The second-order valence-electron chi connectivity index (χ2n) is 19.1. The Kier molecular flexibility index (Phi) is 11.2. The summed E-state index contributed by atoms with van der Waals surface area (Å²) in [5.41, 5.74) is 8.83. The van der Waals surface area contributed by atoms with Crippen LogP contribution in [0.25, 0.3) is 22.0 Å². The highest BCUT2D eigenvalue weighted by Crippen LogP contribution is 2.46. The fraction of sp³-hybridized carbons (Fsp3) is 0.480. The molecule has 1 atom stereocenters. The maximum absolute atomic E-state index is 15.5. The molecule has 0 aliphatic carbocycles. The monoisotopic (exact) mass is 914 g/mol. The van der Waals surface area contributed by atoms with Crippen molar-refractivity contribution in [2.45, 2.75) is 95.8 Å². The van der Waals surface area contributed by atoms with E-state index in [1.807, 2.05) is 39.7 Å². The maximum Gasteiger partial charge on any atom is 0.324 e. The number of rotatable bonds is 8. The molecule has 6 aliphatic heterocycles. The lowest BCUT2D eigenvalue weighted by molar-refractivity contribution is -0.133. The number of likely N-dealkylation sites (N-methyl/N-ethyl adjacent to an activating group) is 1. The van der Waals surface area contributed by atoms with Gasteiger partial charge in [-0.15, -0.1) is 0 Å². The lowest BCUT2D eigenvalue weighted by Gasteiger charge is -2.33. The van der Waals surface area contributed by atoms with Gasteiger partial charge in [0.05, 0.1) is 24.1 Å². The molecule has 3 fully saturated rings. The smallest absolute Gasteiger partial charge is 0.324 e. The van der Waals surface area contributed by atoms with Crippen LogP contribution in [0.3, 0.4) is 0 Å². The van der Waals surface area contributed by atoms with E-state index in [9.17, 15) is 19.2 Å². The molecule has 9 heterocycles. The normalized spacial score (nSPS) is 20.4. The molecule has 67 heavy (non-hydrogen) atoms. The van der Waals surface area contributed by atoms with Crippen molar-refractivity contribution in [3.05, 3.63) is 88.5 Å². The second-order valence-corrected chi connectivity index (χ2v) is 19.1. The summed E-state index contributed by atoms with van der Waals surface area (Å²) >= 11 is 0. The molecule has 2 aromatic carbocycles. The minimum absolute atomic E-state index is 0.00192. The number of carbonyl (C=O) groups excluding carboxylic acids is 4. The molecule has 0 spiro atoms. The fourth-order valence-electron chi connectivity index (χ4n) is 11.6. The summed E-state index contributed by atoms with van der Waals surface area (Å²) in [5.74, 6) is 0.730. The SMILES string of the molecule is CC(=O)N1CCc2c(c(N3CCCc4cc(-c5cn(CC(=O)N6CCC(c7ccc8c(c7)N(C)CC8N7CCC(=O)NC7=O)CC6)c6ccncc56)c(C(F)F)cc43)nn2C2CCOCC2)C1. The van der Waals surface area contributed by atoms with Gasteiger partial charge in [0, 0.05) is 137 Å². The molecule has 350 valence electrons. The molecule has 0 bridgehead atoms. The van der Waals surface area contributed by atoms with E-state index in [1.165, 1.54) is 5.56 Å². The first-order valence-electron chi connectivity index (χ1n) is 23.8. The third-order valence-corrected chi connectivity index (χ3v) is 15.2. The molecule has 3 aromatic heterocycles. The number of nitrogens with zero attached hydrogens (tertiary/aromatic N) is 9. The van der Waals surface area contributed by atoms with Gasteiger partial charge >= 0.3 is 6.03 Å². The largest absolute Gasteiger partial charge is 0.381 e. The lowest BCUT2D eigenvalue weighted by atomic mass is 9.88. The van der Waals surface area contributed by atoms with Crippen molar-refractivity contribution in [3.8, 4) is 11.1 Å². The number of carbonyl (C=O) groups is 4. The third-order valence-electron chi connectivity index (χ3n) is 15.2. The van der Waals surface area contributed by atoms with Gasteiger partial charge in [-0.3, -0.25) is 29.4 Å². The molecule has 1 N–H and O–H groups in total. The van der Waals surface area contributed by atoms with Gasteiger partial charge in [0.15, 0.2) is 5.82 Å².